The van der Waals surface area contributed by atoms with E-state index in [1.807, 2.05) is 0 Å². The Bertz CT molecular complexity index is 471. The van der Waals surface area contributed by atoms with Crippen molar-refractivity contribution in [3.63, 3.8) is 0 Å². The van der Waals surface area contributed by atoms with Crippen LogP contribution in [0.5, 0.6) is 0 Å². The molecule has 1 aliphatic rings. The Morgan fingerprint density at radius 1 is 1.28 bits per heavy atom. The molecule has 1 saturated heterocycles. The smallest absolute Gasteiger partial charge is 0.338 e. The van der Waals surface area contributed by atoms with Gasteiger partial charge in [-0.15, -0.1) is 0 Å². The summed E-state index contributed by atoms with van der Waals surface area (Å²) < 4.78 is 27.3. The summed E-state index contributed by atoms with van der Waals surface area (Å²) in [5.41, 5.74) is 5.19. The van der Waals surface area contributed by atoms with Crippen LogP contribution in [0.4, 0.5) is 14.5 Å². The number of benzene rings is 1. The fraction of sp³-hybridized carbons (Fsp3) is 0.417. The van der Waals surface area contributed by atoms with Gasteiger partial charge in [0.15, 0.2) is 11.6 Å². The summed E-state index contributed by atoms with van der Waals surface area (Å²) in [6.07, 6.45) is 1.42. The Morgan fingerprint density at radius 2 is 1.89 bits per heavy atom. The molecule has 0 atom stereocenters. The lowest BCUT2D eigenvalue weighted by atomic mass is 10.0. The lowest BCUT2D eigenvalue weighted by Gasteiger charge is -2.32. The second-order valence-electron chi connectivity index (χ2n) is 4.39. The Morgan fingerprint density at radius 3 is 2.44 bits per heavy atom. The highest BCUT2D eigenvalue weighted by Crippen LogP contribution is 2.26. The molecule has 4 nitrogen and oxygen atoms in total. The molecule has 0 saturated carbocycles. The number of halogens is 2. The van der Waals surface area contributed by atoms with Crippen LogP contribution in [0, 0.1) is 11.6 Å². The zero-order valence-corrected chi connectivity index (χ0v) is 9.70. The van der Waals surface area contributed by atoms with E-state index in [-0.39, 0.29) is 11.7 Å². The molecule has 0 bridgehead atoms. The van der Waals surface area contributed by atoms with E-state index in [1.165, 1.54) is 6.07 Å². The standard InChI is InChI=1S/C12H14F2N2O2/c13-10-8(12(17)18)1-2-9(11(10)14)16-5-3-7(15)4-6-16/h1-2,7H,3-6,15H2,(H,17,18). The number of carboxylic acids is 1. The highest BCUT2D eigenvalue weighted by molar-refractivity contribution is 5.88. The van der Waals surface area contributed by atoms with Gasteiger partial charge in [-0.3, -0.25) is 0 Å². The van der Waals surface area contributed by atoms with Gasteiger partial charge in [-0.1, -0.05) is 0 Å². The Balaban J connectivity index is 2.30. The predicted molar refractivity (Wildman–Crippen MR) is 62.7 cm³/mol. The van der Waals surface area contributed by atoms with Crippen LogP contribution >= 0.6 is 0 Å². The number of anilines is 1. The maximum absolute atomic E-state index is 13.8. The number of rotatable bonds is 2. The maximum Gasteiger partial charge on any atom is 0.338 e. The SMILES string of the molecule is NC1CCN(c2ccc(C(=O)O)c(F)c2F)CC1. The van der Waals surface area contributed by atoms with Gasteiger partial charge in [-0.25, -0.2) is 13.6 Å². The van der Waals surface area contributed by atoms with E-state index in [4.69, 9.17) is 10.8 Å². The molecule has 6 heteroatoms. The molecule has 0 radical (unpaired) electrons. The van der Waals surface area contributed by atoms with Gasteiger partial charge in [0.05, 0.1) is 11.3 Å². The first-order valence-electron chi connectivity index (χ1n) is 5.72. The first-order valence-corrected chi connectivity index (χ1v) is 5.72. The monoisotopic (exact) mass is 256 g/mol. The van der Waals surface area contributed by atoms with Gasteiger partial charge in [-0.05, 0) is 25.0 Å². The summed E-state index contributed by atoms with van der Waals surface area (Å²) in [7, 11) is 0. The Hall–Kier alpha value is -1.69. The third kappa shape index (κ3) is 2.28. The van der Waals surface area contributed by atoms with Crippen molar-refractivity contribution in [1.29, 1.82) is 0 Å². The molecule has 0 aromatic heterocycles. The van der Waals surface area contributed by atoms with E-state index < -0.39 is 23.2 Å². The molecule has 98 valence electrons. The van der Waals surface area contributed by atoms with Crippen LogP contribution in [0.25, 0.3) is 0 Å². The topological polar surface area (TPSA) is 66.6 Å². The molecule has 1 aliphatic heterocycles. The molecule has 0 unspecified atom stereocenters. The van der Waals surface area contributed by atoms with Crippen LogP contribution in [-0.4, -0.2) is 30.2 Å². The van der Waals surface area contributed by atoms with E-state index in [2.05, 4.69) is 0 Å². The van der Waals surface area contributed by atoms with Crippen LogP contribution in [-0.2, 0) is 0 Å². The molecule has 1 aromatic carbocycles. The summed E-state index contributed by atoms with van der Waals surface area (Å²) in [4.78, 5) is 12.4. The second-order valence-corrected chi connectivity index (χ2v) is 4.39. The van der Waals surface area contributed by atoms with Crippen LogP contribution in [0.2, 0.25) is 0 Å². The Labute approximate surface area is 103 Å². The fourth-order valence-corrected chi connectivity index (χ4v) is 2.09. The van der Waals surface area contributed by atoms with Gasteiger partial charge in [0.25, 0.3) is 0 Å². The van der Waals surface area contributed by atoms with E-state index in [0.29, 0.717) is 25.9 Å². The summed E-state index contributed by atoms with van der Waals surface area (Å²) in [6, 6.07) is 2.48. The van der Waals surface area contributed by atoms with E-state index in [0.717, 1.165) is 6.07 Å². The molecular weight excluding hydrogens is 242 g/mol. The molecule has 0 aliphatic carbocycles. The average molecular weight is 256 g/mol. The predicted octanol–water partition coefficient (Wildman–Crippen LogP) is 1.59. The molecule has 0 spiro atoms. The summed E-state index contributed by atoms with van der Waals surface area (Å²) >= 11 is 0. The van der Waals surface area contributed by atoms with Crippen LogP contribution in [0.3, 0.4) is 0 Å². The first kappa shape index (κ1) is 12.8. The highest BCUT2D eigenvalue weighted by atomic mass is 19.2. The first-order chi connectivity index (χ1) is 8.50. The van der Waals surface area contributed by atoms with Crippen LogP contribution in [0.1, 0.15) is 23.2 Å². The van der Waals surface area contributed by atoms with Crippen molar-refractivity contribution in [2.45, 2.75) is 18.9 Å². The summed E-state index contributed by atoms with van der Waals surface area (Å²) in [5.74, 6) is -3.89. The van der Waals surface area contributed by atoms with Crippen molar-refractivity contribution < 1.29 is 18.7 Å². The molecule has 0 amide bonds. The Kier molecular flexibility index (Phi) is 3.47. The van der Waals surface area contributed by atoms with Crippen LogP contribution < -0.4 is 10.6 Å². The molecule has 1 aromatic rings. The summed E-state index contributed by atoms with van der Waals surface area (Å²) in [6.45, 7) is 1.09. The number of carbonyl (C=O) groups is 1. The van der Waals surface area contributed by atoms with E-state index >= 15 is 0 Å². The van der Waals surface area contributed by atoms with Crippen molar-refractivity contribution >= 4 is 11.7 Å². The molecular formula is C12H14F2N2O2. The average Bonchev–Trinajstić information content (AvgIpc) is 2.33. The maximum atomic E-state index is 13.8. The van der Waals surface area contributed by atoms with E-state index in [9.17, 15) is 13.6 Å². The number of piperidine rings is 1. The van der Waals surface area contributed by atoms with Gasteiger partial charge in [0.1, 0.15) is 0 Å². The molecule has 1 fully saturated rings. The zero-order valence-electron chi connectivity index (χ0n) is 9.70. The number of hydrogen-bond donors (Lipinski definition) is 2. The third-order valence-corrected chi connectivity index (χ3v) is 3.17. The molecule has 18 heavy (non-hydrogen) atoms. The molecule has 3 N–H and O–H groups in total. The zero-order chi connectivity index (χ0) is 13.3. The molecule has 1 heterocycles. The van der Waals surface area contributed by atoms with Crippen molar-refractivity contribution in [2.75, 3.05) is 18.0 Å². The van der Waals surface area contributed by atoms with Crippen molar-refractivity contribution in [2.24, 2.45) is 5.73 Å². The van der Waals surface area contributed by atoms with Crippen molar-refractivity contribution in [1.82, 2.24) is 0 Å². The number of nitrogens with zero attached hydrogens (tertiary/aromatic N) is 1. The second kappa shape index (κ2) is 4.89. The highest BCUT2D eigenvalue weighted by Gasteiger charge is 2.23. The number of aromatic carboxylic acids is 1. The quantitative estimate of drug-likeness (QED) is 0.843. The number of carboxylic acid groups (broad SMARTS) is 1. The van der Waals surface area contributed by atoms with E-state index in [1.54, 1.807) is 4.90 Å². The lowest BCUT2D eigenvalue weighted by molar-refractivity contribution is 0.0690. The van der Waals surface area contributed by atoms with Crippen molar-refractivity contribution in [3.05, 3.63) is 29.3 Å². The largest absolute Gasteiger partial charge is 0.478 e. The lowest BCUT2D eigenvalue weighted by Crippen LogP contribution is -2.40. The number of nitrogens with two attached hydrogens (primary N) is 1. The van der Waals surface area contributed by atoms with Gasteiger partial charge in [0, 0.05) is 19.1 Å². The van der Waals surface area contributed by atoms with Gasteiger partial charge < -0.3 is 15.7 Å². The third-order valence-electron chi connectivity index (χ3n) is 3.17. The minimum atomic E-state index is -1.47. The van der Waals surface area contributed by atoms with Crippen molar-refractivity contribution in [3.8, 4) is 0 Å². The van der Waals surface area contributed by atoms with Gasteiger partial charge in [-0.2, -0.15) is 0 Å². The van der Waals surface area contributed by atoms with Gasteiger partial charge >= 0.3 is 5.97 Å². The molecule has 2 rings (SSSR count). The normalized spacial score (nSPS) is 16.9. The minimum absolute atomic E-state index is 0.0902. The number of hydrogen-bond acceptors (Lipinski definition) is 3. The fourth-order valence-electron chi connectivity index (χ4n) is 2.09. The van der Waals surface area contributed by atoms with Crippen LogP contribution in [0.15, 0.2) is 12.1 Å². The minimum Gasteiger partial charge on any atom is -0.478 e. The summed E-state index contributed by atoms with van der Waals surface area (Å²) in [5, 5.41) is 8.69. The van der Waals surface area contributed by atoms with Gasteiger partial charge in [0.2, 0.25) is 0 Å².